The van der Waals surface area contributed by atoms with Gasteiger partial charge in [0.25, 0.3) is 0 Å². The SMILES string of the molecule is Cc1cccc(CN(C(=O)CSCc2ccc(Cl)cc2)[C@H](C)C(=O)NC(C)C)c1. The van der Waals surface area contributed by atoms with Crippen molar-refractivity contribution in [2.75, 3.05) is 5.75 Å². The van der Waals surface area contributed by atoms with E-state index >= 15 is 0 Å². The molecule has 29 heavy (non-hydrogen) atoms. The highest BCUT2D eigenvalue weighted by atomic mass is 35.5. The normalized spacial score (nSPS) is 11.9. The van der Waals surface area contributed by atoms with Crippen LogP contribution in [0.15, 0.2) is 48.5 Å². The number of hydrogen-bond acceptors (Lipinski definition) is 3. The topological polar surface area (TPSA) is 49.4 Å². The summed E-state index contributed by atoms with van der Waals surface area (Å²) in [6.07, 6.45) is 0. The Morgan fingerprint density at radius 2 is 1.76 bits per heavy atom. The van der Waals surface area contributed by atoms with Crippen molar-refractivity contribution in [2.45, 2.75) is 52.1 Å². The fourth-order valence-electron chi connectivity index (χ4n) is 2.91. The standard InChI is InChI=1S/C23H29ClN2O2S/c1-16(2)25-23(28)18(4)26(13-20-7-5-6-17(3)12-20)22(27)15-29-14-19-8-10-21(24)11-9-19/h5-12,16,18H,13-15H2,1-4H3,(H,25,28)/t18-/m1/s1. The highest BCUT2D eigenvalue weighted by Crippen LogP contribution is 2.18. The number of halogens is 1. The summed E-state index contributed by atoms with van der Waals surface area (Å²) in [6, 6.07) is 15.1. The molecule has 0 unspecified atom stereocenters. The average molecular weight is 433 g/mol. The Kier molecular flexibility index (Phi) is 9.05. The Morgan fingerprint density at radius 1 is 1.07 bits per heavy atom. The number of thioether (sulfide) groups is 1. The molecule has 0 fully saturated rings. The number of carbonyl (C=O) groups excluding carboxylic acids is 2. The summed E-state index contributed by atoms with van der Waals surface area (Å²) in [5.74, 6) is 0.849. The molecule has 0 aromatic heterocycles. The first-order valence-corrected chi connectivity index (χ1v) is 11.3. The van der Waals surface area contributed by atoms with Crippen molar-refractivity contribution in [1.82, 2.24) is 10.2 Å². The Balaban J connectivity index is 2.06. The van der Waals surface area contributed by atoms with Crippen LogP contribution in [0.5, 0.6) is 0 Å². The van der Waals surface area contributed by atoms with Crippen molar-refractivity contribution in [1.29, 1.82) is 0 Å². The summed E-state index contributed by atoms with van der Waals surface area (Å²) in [7, 11) is 0. The predicted molar refractivity (Wildman–Crippen MR) is 122 cm³/mol. The van der Waals surface area contributed by atoms with Crippen molar-refractivity contribution in [3.8, 4) is 0 Å². The molecule has 1 N–H and O–H groups in total. The van der Waals surface area contributed by atoms with E-state index in [0.29, 0.717) is 23.1 Å². The lowest BCUT2D eigenvalue weighted by molar-refractivity contribution is -0.138. The first-order valence-electron chi connectivity index (χ1n) is 9.74. The van der Waals surface area contributed by atoms with Crippen molar-refractivity contribution in [2.24, 2.45) is 0 Å². The minimum absolute atomic E-state index is 0.0279. The molecule has 2 aromatic rings. The zero-order valence-corrected chi connectivity index (χ0v) is 19.0. The third-order valence-corrected chi connectivity index (χ3v) is 5.68. The van der Waals surface area contributed by atoms with Gasteiger partial charge in [0, 0.05) is 23.4 Å². The Hall–Kier alpha value is -1.98. The molecular weight excluding hydrogens is 404 g/mol. The van der Waals surface area contributed by atoms with Gasteiger partial charge in [-0.05, 0) is 51.0 Å². The molecule has 0 aliphatic heterocycles. The molecule has 2 aromatic carbocycles. The van der Waals surface area contributed by atoms with E-state index in [-0.39, 0.29) is 17.9 Å². The van der Waals surface area contributed by atoms with Crippen LogP contribution in [0.25, 0.3) is 0 Å². The maximum Gasteiger partial charge on any atom is 0.242 e. The van der Waals surface area contributed by atoms with E-state index in [1.54, 1.807) is 11.8 Å². The minimum atomic E-state index is -0.540. The van der Waals surface area contributed by atoms with Crippen LogP contribution < -0.4 is 5.32 Å². The van der Waals surface area contributed by atoms with Gasteiger partial charge in [0.05, 0.1) is 5.75 Å². The molecule has 4 nitrogen and oxygen atoms in total. The largest absolute Gasteiger partial charge is 0.352 e. The Bertz CT molecular complexity index is 824. The Labute approximate surface area is 183 Å². The van der Waals surface area contributed by atoms with Gasteiger partial charge in [-0.2, -0.15) is 0 Å². The van der Waals surface area contributed by atoms with Gasteiger partial charge in [-0.3, -0.25) is 9.59 Å². The quantitative estimate of drug-likeness (QED) is 0.617. The van der Waals surface area contributed by atoms with Crippen LogP contribution in [0.2, 0.25) is 5.02 Å². The van der Waals surface area contributed by atoms with Crippen LogP contribution in [0.4, 0.5) is 0 Å². The van der Waals surface area contributed by atoms with Crippen molar-refractivity contribution in [3.05, 3.63) is 70.2 Å². The molecule has 0 saturated heterocycles. The lowest BCUT2D eigenvalue weighted by atomic mass is 10.1. The summed E-state index contributed by atoms with van der Waals surface area (Å²) in [6.45, 7) is 8.05. The fraction of sp³-hybridized carbons (Fsp3) is 0.391. The monoisotopic (exact) mass is 432 g/mol. The average Bonchev–Trinajstić information content (AvgIpc) is 2.66. The van der Waals surface area contributed by atoms with Gasteiger partial charge < -0.3 is 10.2 Å². The van der Waals surface area contributed by atoms with Crippen LogP contribution in [-0.2, 0) is 21.9 Å². The molecule has 1 atom stereocenters. The van der Waals surface area contributed by atoms with Gasteiger partial charge in [-0.1, -0.05) is 53.6 Å². The first kappa shape index (κ1) is 23.3. The first-order chi connectivity index (χ1) is 13.8. The highest BCUT2D eigenvalue weighted by molar-refractivity contribution is 7.99. The summed E-state index contributed by atoms with van der Waals surface area (Å²) < 4.78 is 0. The molecule has 0 radical (unpaired) electrons. The van der Waals surface area contributed by atoms with Crippen LogP contribution >= 0.6 is 23.4 Å². The lowest BCUT2D eigenvalue weighted by Crippen LogP contribution is -2.49. The number of rotatable bonds is 9. The molecule has 0 aliphatic rings. The van der Waals surface area contributed by atoms with Gasteiger partial charge in [-0.15, -0.1) is 11.8 Å². The zero-order chi connectivity index (χ0) is 21.4. The molecule has 2 amide bonds. The molecule has 0 heterocycles. The predicted octanol–water partition coefficient (Wildman–Crippen LogP) is 4.82. The van der Waals surface area contributed by atoms with E-state index < -0.39 is 6.04 Å². The molecule has 0 bridgehead atoms. The van der Waals surface area contributed by atoms with Gasteiger partial charge in [0.2, 0.25) is 11.8 Å². The lowest BCUT2D eigenvalue weighted by Gasteiger charge is -2.29. The number of hydrogen-bond donors (Lipinski definition) is 1. The maximum absolute atomic E-state index is 13.0. The smallest absolute Gasteiger partial charge is 0.242 e. The minimum Gasteiger partial charge on any atom is -0.352 e. The summed E-state index contributed by atoms with van der Waals surface area (Å²) in [4.78, 5) is 27.2. The number of aryl methyl sites for hydroxylation is 1. The van der Waals surface area contributed by atoms with Gasteiger partial charge in [0.15, 0.2) is 0 Å². The fourth-order valence-corrected chi connectivity index (χ4v) is 3.91. The van der Waals surface area contributed by atoms with Crippen molar-refractivity contribution in [3.63, 3.8) is 0 Å². The van der Waals surface area contributed by atoms with Crippen LogP contribution in [0.3, 0.4) is 0 Å². The maximum atomic E-state index is 13.0. The van der Waals surface area contributed by atoms with E-state index in [1.807, 2.05) is 69.3 Å². The second-order valence-corrected chi connectivity index (χ2v) is 8.89. The molecule has 2 rings (SSSR count). The summed E-state index contributed by atoms with van der Waals surface area (Å²) >= 11 is 7.46. The van der Waals surface area contributed by atoms with E-state index in [9.17, 15) is 9.59 Å². The van der Waals surface area contributed by atoms with Crippen LogP contribution in [0.1, 0.15) is 37.5 Å². The van der Waals surface area contributed by atoms with Gasteiger partial charge in [-0.25, -0.2) is 0 Å². The molecular formula is C23H29ClN2O2S. The second-order valence-electron chi connectivity index (χ2n) is 7.47. The van der Waals surface area contributed by atoms with E-state index in [4.69, 9.17) is 11.6 Å². The number of benzene rings is 2. The third kappa shape index (κ3) is 7.75. The van der Waals surface area contributed by atoms with E-state index in [0.717, 1.165) is 16.7 Å². The van der Waals surface area contributed by atoms with Crippen LogP contribution in [-0.4, -0.2) is 34.6 Å². The third-order valence-electron chi connectivity index (χ3n) is 4.44. The molecule has 0 aliphatic carbocycles. The van der Waals surface area contributed by atoms with Crippen molar-refractivity contribution < 1.29 is 9.59 Å². The van der Waals surface area contributed by atoms with Crippen LogP contribution in [0, 0.1) is 6.92 Å². The number of amides is 2. The van der Waals surface area contributed by atoms with Gasteiger partial charge >= 0.3 is 0 Å². The summed E-state index contributed by atoms with van der Waals surface area (Å²) in [5.41, 5.74) is 3.26. The van der Waals surface area contributed by atoms with Gasteiger partial charge in [0.1, 0.15) is 6.04 Å². The highest BCUT2D eigenvalue weighted by Gasteiger charge is 2.26. The molecule has 156 valence electrons. The van der Waals surface area contributed by atoms with Crippen molar-refractivity contribution >= 4 is 35.2 Å². The number of nitrogens with zero attached hydrogens (tertiary/aromatic N) is 1. The zero-order valence-electron chi connectivity index (χ0n) is 17.4. The summed E-state index contributed by atoms with van der Waals surface area (Å²) in [5, 5.41) is 3.61. The number of nitrogens with one attached hydrogen (secondary N) is 1. The second kappa shape index (κ2) is 11.3. The van der Waals surface area contributed by atoms with E-state index in [1.165, 1.54) is 11.8 Å². The molecule has 0 saturated carbocycles. The number of carbonyl (C=O) groups is 2. The van der Waals surface area contributed by atoms with E-state index in [2.05, 4.69) is 5.32 Å². The molecule has 0 spiro atoms. The molecule has 6 heteroatoms. The Morgan fingerprint density at radius 3 is 2.38 bits per heavy atom.